The van der Waals surface area contributed by atoms with E-state index in [0.717, 1.165) is 23.7 Å². The van der Waals surface area contributed by atoms with Gasteiger partial charge in [-0.3, -0.25) is 0 Å². The first-order valence-corrected chi connectivity index (χ1v) is 12.3. The number of allylic oxidation sites excluding steroid dienone is 2. The number of hydrogen-bond donors (Lipinski definition) is 0. The van der Waals surface area contributed by atoms with Crippen LogP contribution in [0.15, 0.2) is 24.8 Å². The topological polar surface area (TPSA) is 0 Å². The maximum absolute atomic E-state index is 3.00. The second kappa shape index (κ2) is 37.4. The third-order valence-electron chi connectivity index (χ3n) is 4.48. The zero-order valence-corrected chi connectivity index (χ0v) is 27.3. The minimum Gasteiger partial charge on any atom is -0.358 e. The van der Waals surface area contributed by atoms with Gasteiger partial charge in [-0.25, -0.2) is 0 Å². The fourth-order valence-electron chi connectivity index (χ4n) is 3.39. The van der Waals surface area contributed by atoms with Gasteiger partial charge >= 0.3 is 51.4 Å². The van der Waals surface area contributed by atoms with Crippen LogP contribution in [-0.2, 0) is 0 Å². The van der Waals surface area contributed by atoms with Crippen LogP contribution in [0.25, 0.3) is 0 Å². The summed E-state index contributed by atoms with van der Waals surface area (Å²) >= 11 is 0. The molecule has 0 aliphatic rings. The van der Waals surface area contributed by atoms with Gasteiger partial charge in [-0.2, -0.15) is 0 Å². The molecule has 0 amide bonds. The zero-order valence-electron chi connectivity index (χ0n) is 24.2. The van der Waals surface area contributed by atoms with Crippen molar-refractivity contribution in [1.82, 2.24) is 0 Å². The SMILES string of the molecule is C=C.CC(C)CC(C)C.CCCC(C)CC(C=C(C)C)CC.CCCCCC.[CH3-].[K+]. The first-order valence-electron chi connectivity index (χ1n) is 12.3. The van der Waals surface area contributed by atoms with E-state index in [0.29, 0.717) is 0 Å². The molecule has 0 rings (SSSR count). The molecule has 0 aliphatic carbocycles. The molecule has 0 saturated carbocycles. The molecule has 2 atom stereocenters. The summed E-state index contributed by atoms with van der Waals surface area (Å²) < 4.78 is 0. The molecule has 30 heavy (non-hydrogen) atoms. The van der Waals surface area contributed by atoms with Crippen LogP contribution in [0.5, 0.6) is 0 Å². The molecule has 0 radical (unpaired) electrons. The van der Waals surface area contributed by atoms with Gasteiger partial charge in [0.25, 0.3) is 0 Å². The first kappa shape index (κ1) is 44.7. The summed E-state index contributed by atoms with van der Waals surface area (Å²) in [4.78, 5) is 0. The molecule has 0 nitrogen and oxygen atoms in total. The Kier molecular flexibility index (Phi) is 55.8. The van der Waals surface area contributed by atoms with Crippen LogP contribution in [0.4, 0.5) is 0 Å². The molecule has 0 aromatic carbocycles. The van der Waals surface area contributed by atoms with Gasteiger partial charge < -0.3 is 7.43 Å². The van der Waals surface area contributed by atoms with Crippen LogP contribution in [0, 0.1) is 31.1 Å². The van der Waals surface area contributed by atoms with Gasteiger partial charge in [0.05, 0.1) is 0 Å². The normalized spacial score (nSPS) is 11.1. The molecule has 2 unspecified atom stereocenters. The minimum atomic E-state index is 0. The Balaban J connectivity index is -0.0000000726. The summed E-state index contributed by atoms with van der Waals surface area (Å²) in [7, 11) is 0. The van der Waals surface area contributed by atoms with E-state index in [2.05, 4.69) is 95.4 Å². The predicted molar refractivity (Wildman–Crippen MR) is 144 cm³/mol. The Morgan fingerprint density at radius 3 is 1.33 bits per heavy atom. The van der Waals surface area contributed by atoms with Crippen molar-refractivity contribution in [3.8, 4) is 0 Å². The summed E-state index contributed by atoms with van der Waals surface area (Å²) in [6.45, 7) is 30.9. The molecule has 0 spiro atoms. The van der Waals surface area contributed by atoms with Gasteiger partial charge in [-0.05, 0) is 56.8 Å². The smallest absolute Gasteiger partial charge is 0.358 e. The fraction of sp³-hybridized carbons (Fsp3) is 0.828. The van der Waals surface area contributed by atoms with Crippen LogP contribution >= 0.6 is 0 Å². The first-order chi connectivity index (χ1) is 13.1. The molecule has 0 aromatic rings. The maximum Gasteiger partial charge on any atom is 1.00 e. The average Bonchev–Trinajstić information content (AvgIpc) is 2.60. The van der Waals surface area contributed by atoms with Crippen LogP contribution in [0.1, 0.15) is 134 Å². The van der Waals surface area contributed by atoms with E-state index in [1.807, 2.05) is 0 Å². The molecule has 1 heteroatoms. The molecule has 0 saturated heterocycles. The molecule has 0 aliphatic heterocycles. The van der Waals surface area contributed by atoms with Crippen molar-refractivity contribution in [2.45, 2.75) is 134 Å². The summed E-state index contributed by atoms with van der Waals surface area (Å²) in [5.41, 5.74) is 1.47. The summed E-state index contributed by atoms with van der Waals surface area (Å²) in [6, 6.07) is 0. The maximum atomic E-state index is 3.00. The van der Waals surface area contributed by atoms with Crippen LogP contribution in [0.3, 0.4) is 0 Å². The van der Waals surface area contributed by atoms with Gasteiger partial charge in [-0.1, -0.05) is 112 Å². The van der Waals surface area contributed by atoms with Crippen molar-refractivity contribution in [3.05, 3.63) is 32.2 Å². The number of hydrogen-bond acceptors (Lipinski definition) is 0. The van der Waals surface area contributed by atoms with Crippen molar-refractivity contribution in [1.29, 1.82) is 0 Å². The second-order valence-corrected chi connectivity index (χ2v) is 9.27. The van der Waals surface area contributed by atoms with Gasteiger partial charge in [-0.15, -0.1) is 13.2 Å². The second-order valence-electron chi connectivity index (χ2n) is 9.27. The van der Waals surface area contributed by atoms with Gasteiger partial charge in [0.15, 0.2) is 0 Å². The third kappa shape index (κ3) is 51.6. The third-order valence-corrected chi connectivity index (χ3v) is 4.48. The minimum absolute atomic E-state index is 0. The Morgan fingerprint density at radius 1 is 0.733 bits per heavy atom. The Bertz CT molecular complexity index is 277. The van der Waals surface area contributed by atoms with E-state index in [1.165, 1.54) is 63.4 Å². The van der Waals surface area contributed by atoms with Crippen LogP contribution < -0.4 is 51.4 Å². The van der Waals surface area contributed by atoms with E-state index in [4.69, 9.17) is 0 Å². The number of unbranched alkanes of at least 4 members (excludes halogenated alkanes) is 3. The Morgan fingerprint density at radius 2 is 1.13 bits per heavy atom. The molecule has 0 bridgehead atoms. The number of rotatable bonds is 11. The largest absolute Gasteiger partial charge is 1.00 e. The van der Waals surface area contributed by atoms with Crippen molar-refractivity contribution in [2.24, 2.45) is 23.7 Å². The van der Waals surface area contributed by atoms with Crippen LogP contribution in [-0.4, -0.2) is 0 Å². The molecule has 0 aromatic heterocycles. The van der Waals surface area contributed by atoms with Crippen molar-refractivity contribution >= 4 is 0 Å². The molecule has 0 N–H and O–H groups in total. The van der Waals surface area contributed by atoms with E-state index >= 15 is 0 Å². The Hall–Kier alpha value is 1.12. The summed E-state index contributed by atoms with van der Waals surface area (Å²) in [5.74, 6) is 3.46. The fourth-order valence-corrected chi connectivity index (χ4v) is 3.39. The molecule has 0 heterocycles. The van der Waals surface area contributed by atoms with Crippen molar-refractivity contribution in [3.63, 3.8) is 0 Å². The predicted octanol–water partition coefficient (Wildman–Crippen LogP) is 8.34. The van der Waals surface area contributed by atoms with E-state index in [-0.39, 0.29) is 58.8 Å². The summed E-state index contributed by atoms with van der Waals surface area (Å²) in [6.07, 6.45) is 14.7. The average molecular weight is 451 g/mol. The monoisotopic (exact) mass is 450 g/mol. The molecular weight excluding hydrogens is 387 g/mol. The molecule has 180 valence electrons. The van der Waals surface area contributed by atoms with Crippen molar-refractivity contribution < 1.29 is 51.4 Å². The molecule has 0 fully saturated rings. The van der Waals surface area contributed by atoms with Crippen LogP contribution in [0.2, 0.25) is 0 Å². The van der Waals surface area contributed by atoms with E-state index in [9.17, 15) is 0 Å². The van der Waals surface area contributed by atoms with E-state index in [1.54, 1.807) is 0 Å². The van der Waals surface area contributed by atoms with Gasteiger partial charge in [0.1, 0.15) is 0 Å². The standard InChI is InChI=1S/C13H26.C7H16.C6H14.C2H4.CH3.K/c1-6-8-12(5)10-13(7-2)9-11(3)4;1-6(2)5-7(3)4;1-3-5-6-4-2;1-2;;/h9,12-13H,6-8,10H2,1-5H3;6-7H,5H2,1-4H3;3-6H2,1-2H3;1-2H2;1H3;/q;;;;-1;+1. The van der Waals surface area contributed by atoms with Gasteiger partial charge in [0.2, 0.25) is 0 Å². The Labute approximate surface area is 239 Å². The van der Waals surface area contributed by atoms with Crippen molar-refractivity contribution in [2.75, 3.05) is 0 Å². The van der Waals surface area contributed by atoms with Gasteiger partial charge in [0, 0.05) is 0 Å². The quantitative estimate of drug-likeness (QED) is 0.128. The summed E-state index contributed by atoms with van der Waals surface area (Å²) in [5, 5.41) is 0. The van der Waals surface area contributed by atoms with E-state index < -0.39 is 0 Å². The zero-order chi connectivity index (χ0) is 23.0. The molecular formula is C29H63K.